The molecule has 0 spiro atoms. The Hall–Kier alpha value is -0.730. The van der Waals surface area contributed by atoms with Gasteiger partial charge in [-0.2, -0.15) is 0 Å². The molecule has 0 aromatic carbocycles. The van der Waals surface area contributed by atoms with Gasteiger partial charge >= 0.3 is 0 Å². The Kier molecular flexibility index (Phi) is 13.7. The first-order valence-corrected chi connectivity index (χ1v) is 17.1. The molecular formula is C32H64N8O3. The van der Waals surface area contributed by atoms with Crippen LogP contribution in [0, 0.1) is 23.2 Å². The zero-order valence-corrected chi connectivity index (χ0v) is 28.0. The van der Waals surface area contributed by atoms with Gasteiger partial charge in [0.25, 0.3) is 0 Å². The lowest BCUT2D eigenvalue weighted by molar-refractivity contribution is -0.103. The Morgan fingerprint density at radius 1 is 1.12 bits per heavy atom. The van der Waals surface area contributed by atoms with E-state index in [-0.39, 0.29) is 35.6 Å². The van der Waals surface area contributed by atoms with Crippen molar-refractivity contribution in [2.75, 3.05) is 72.6 Å². The normalized spacial score (nSPS) is 33.3. The smallest absolute Gasteiger partial charge is 0.118 e. The summed E-state index contributed by atoms with van der Waals surface area (Å²) in [7, 11) is 1.73. The van der Waals surface area contributed by atoms with Gasteiger partial charge in [-0.25, -0.2) is 0 Å². The second kappa shape index (κ2) is 16.7. The van der Waals surface area contributed by atoms with Crippen molar-refractivity contribution in [1.82, 2.24) is 36.0 Å². The Morgan fingerprint density at radius 3 is 2.53 bits per heavy atom. The molecule has 4 rings (SSSR count). The van der Waals surface area contributed by atoms with Crippen LogP contribution in [0.1, 0.15) is 66.7 Å². The third kappa shape index (κ3) is 9.88. The summed E-state index contributed by atoms with van der Waals surface area (Å²) in [5.74, 6) is 0.309. The van der Waals surface area contributed by atoms with Gasteiger partial charge in [-0.05, 0) is 56.5 Å². The number of rotatable bonds is 13. The quantitative estimate of drug-likeness (QED) is 0.133. The molecule has 5 unspecified atom stereocenters. The van der Waals surface area contributed by atoms with E-state index in [9.17, 15) is 10.2 Å². The average molecular weight is 609 g/mol. The Balaban J connectivity index is 1.41. The number of nitrogens with zero attached hydrogens (tertiary/aromatic N) is 4. The molecular weight excluding hydrogens is 544 g/mol. The highest BCUT2D eigenvalue weighted by Crippen LogP contribution is 2.29. The second-order valence-corrected chi connectivity index (χ2v) is 14.9. The Morgan fingerprint density at radius 2 is 1.88 bits per heavy atom. The lowest BCUT2D eigenvalue weighted by Crippen LogP contribution is -2.65. The largest absolute Gasteiger partial charge is 0.385 e. The van der Waals surface area contributed by atoms with Gasteiger partial charge in [0.15, 0.2) is 0 Å². The predicted molar refractivity (Wildman–Crippen MR) is 174 cm³/mol. The summed E-state index contributed by atoms with van der Waals surface area (Å²) >= 11 is 0. The van der Waals surface area contributed by atoms with Crippen molar-refractivity contribution in [2.45, 2.75) is 104 Å². The van der Waals surface area contributed by atoms with Gasteiger partial charge < -0.3 is 30.9 Å². The molecule has 11 nitrogen and oxygen atoms in total. The molecule has 0 bridgehead atoms. The summed E-state index contributed by atoms with van der Waals surface area (Å²) in [5, 5.41) is 38.3. The number of piperazine rings is 1. The number of nitrogens with one attached hydrogen (secondary N) is 4. The lowest BCUT2D eigenvalue weighted by atomic mass is 9.88. The molecule has 4 aliphatic rings. The minimum absolute atomic E-state index is 0.0281. The van der Waals surface area contributed by atoms with E-state index in [1.54, 1.807) is 7.11 Å². The van der Waals surface area contributed by atoms with Crippen LogP contribution in [-0.4, -0.2) is 141 Å². The maximum Gasteiger partial charge on any atom is 0.118 e. The van der Waals surface area contributed by atoms with Crippen LogP contribution in [0.3, 0.4) is 0 Å². The third-order valence-corrected chi connectivity index (χ3v) is 9.80. The summed E-state index contributed by atoms with van der Waals surface area (Å²) < 4.78 is 5.27. The van der Waals surface area contributed by atoms with Crippen LogP contribution in [0.15, 0.2) is 4.99 Å². The number of methoxy groups -OCH3 is 1. The molecule has 3 saturated heterocycles. The summed E-state index contributed by atoms with van der Waals surface area (Å²) in [6, 6.07) is 0.126. The maximum atomic E-state index is 12.0. The van der Waals surface area contributed by atoms with E-state index in [2.05, 4.69) is 70.6 Å². The number of piperidine rings is 2. The van der Waals surface area contributed by atoms with Crippen molar-refractivity contribution < 1.29 is 14.9 Å². The first-order chi connectivity index (χ1) is 20.6. The summed E-state index contributed by atoms with van der Waals surface area (Å²) in [6.45, 7) is 19.8. The van der Waals surface area contributed by atoms with E-state index >= 15 is 0 Å². The number of aliphatic hydroxyl groups is 2. The highest BCUT2D eigenvalue weighted by molar-refractivity contribution is 5.64. The van der Waals surface area contributed by atoms with Crippen LogP contribution in [0.4, 0.5) is 0 Å². The number of aliphatic imine (C=N–C) groups is 1. The van der Waals surface area contributed by atoms with Crippen LogP contribution in [0.5, 0.6) is 0 Å². The molecule has 0 amide bonds. The van der Waals surface area contributed by atoms with Crippen LogP contribution in [0.25, 0.3) is 0 Å². The molecule has 8 atom stereocenters. The third-order valence-electron chi connectivity index (χ3n) is 9.80. The van der Waals surface area contributed by atoms with Gasteiger partial charge in [-0.1, -0.05) is 34.6 Å². The molecule has 0 saturated carbocycles. The fourth-order valence-corrected chi connectivity index (χ4v) is 7.29. The zero-order chi connectivity index (χ0) is 31.0. The number of ether oxygens (including phenoxy) is 1. The van der Waals surface area contributed by atoms with Gasteiger partial charge in [0, 0.05) is 77.7 Å². The summed E-state index contributed by atoms with van der Waals surface area (Å²) in [4.78, 5) is 12.0. The Bertz CT molecular complexity index is 828. The molecule has 0 radical (unpaired) electrons. The molecule has 250 valence electrons. The summed E-state index contributed by atoms with van der Waals surface area (Å²) in [5.41, 5.74) is -0.0362. The standard InChI is InChI=1S/C32H64N8O3/c1-23(2)22-40(30(42)26-21-36-31(32(3,4)5)37-28(26)35-12-9-17-43-6)25-18-24(19-33-20-25)29(41)39-15-13-38(14-16-39)27-10-7-8-11-34-27/h21,23-31,33-35,37,41-42H,7-20,22H2,1-6H3/t24-,25+,26?,27+,28?,29?,30?,31?/m1/s1. The molecule has 4 aliphatic heterocycles. The van der Waals surface area contributed by atoms with E-state index < -0.39 is 12.5 Å². The molecule has 3 fully saturated rings. The van der Waals surface area contributed by atoms with Crippen molar-refractivity contribution >= 4 is 6.21 Å². The monoisotopic (exact) mass is 609 g/mol. The zero-order valence-electron chi connectivity index (χ0n) is 28.0. The SMILES string of the molecule is COCCCNC1NC(C(C)(C)C)N=CC1C(O)N(CC(C)C)[C@@H]1CNC[C@H](C(O)N2CCN([C@H]3CCCCN3)CC2)C1. The average Bonchev–Trinajstić information content (AvgIpc) is 3.01. The molecule has 6 N–H and O–H groups in total. The van der Waals surface area contributed by atoms with Gasteiger partial charge in [0.05, 0.1) is 18.2 Å². The molecule has 0 aromatic heterocycles. The van der Waals surface area contributed by atoms with Crippen LogP contribution >= 0.6 is 0 Å². The maximum absolute atomic E-state index is 12.0. The van der Waals surface area contributed by atoms with Gasteiger partial charge in [-0.15, -0.1) is 0 Å². The second-order valence-electron chi connectivity index (χ2n) is 14.9. The van der Waals surface area contributed by atoms with Crippen molar-refractivity contribution in [2.24, 2.45) is 28.2 Å². The topological polar surface area (TPSA) is 120 Å². The molecule has 4 heterocycles. The molecule has 11 heteroatoms. The minimum Gasteiger partial charge on any atom is -0.385 e. The van der Waals surface area contributed by atoms with Gasteiger partial charge in [-0.3, -0.25) is 25.0 Å². The highest BCUT2D eigenvalue weighted by Gasteiger charge is 2.42. The lowest BCUT2D eigenvalue weighted by Gasteiger charge is -2.48. The molecule has 43 heavy (non-hydrogen) atoms. The van der Waals surface area contributed by atoms with E-state index in [0.717, 1.165) is 71.7 Å². The summed E-state index contributed by atoms with van der Waals surface area (Å²) in [6.07, 6.45) is 6.75. The number of aliphatic hydroxyl groups excluding tert-OH is 2. The van der Waals surface area contributed by atoms with E-state index in [4.69, 9.17) is 9.73 Å². The van der Waals surface area contributed by atoms with E-state index in [1.165, 1.54) is 19.3 Å². The minimum atomic E-state index is -0.700. The van der Waals surface area contributed by atoms with Crippen molar-refractivity contribution in [3.63, 3.8) is 0 Å². The predicted octanol–water partition coefficient (Wildman–Crippen LogP) is 0.891. The van der Waals surface area contributed by atoms with Crippen molar-refractivity contribution in [1.29, 1.82) is 0 Å². The van der Waals surface area contributed by atoms with Crippen molar-refractivity contribution in [3.05, 3.63) is 0 Å². The van der Waals surface area contributed by atoms with Gasteiger partial charge in [0.2, 0.25) is 0 Å². The number of hydrogen-bond acceptors (Lipinski definition) is 11. The molecule has 0 aromatic rings. The van der Waals surface area contributed by atoms with Gasteiger partial charge in [0.1, 0.15) is 18.6 Å². The van der Waals surface area contributed by atoms with E-state index in [1.807, 2.05) is 6.21 Å². The van der Waals surface area contributed by atoms with Crippen LogP contribution < -0.4 is 21.3 Å². The fourth-order valence-electron chi connectivity index (χ4n) is 7.29. The number of hydrogen-bond donors (Lipinski definition) is 6. The van der Waals surface area contributed by atoms with Crippen molar-refractivity contribution in [3.8, 4) is 0 Å². The first-order valence-electron chi connectivity index (χ1n) is 17.1. The Labute approximate surface area is 261 Å². The highest BCUT2D eigenvalue weighted by atomic mass is 16.5. The molecule has 0 aliphatic carbocycles. The first kappa shape index (κ1) is 35.1. The fraction of sp³-hybridized carbons (Fsp3) is 0.969. The van der Waals surface area contributed by atoms with E-state index in [0.29, 0.717) is 18.7 Å². The van der Waals surface area contributed by atoms with Crippen LogP contribution in [-0.2, 0) is 4.74 Å². The van der Waals surface area contributed by atoms with Crippen LogP contribution in [0.2, 0.25) is 0 Å².